The Balaban J connectivity index is 1.81. The van der Waals surface area contributed by atoms with E-state index < -0.39 is 0 Å². The smallest absolute Gasteiger partial charge is 0.0498 e. The van der Waals surface area contributed by atoms with Crippen molar-refractivity contribution in [3.63, 3.8) is 0 Å². The maximum absolute atomic E-state index is 6.23. The van der Waals surface area contributed by atoms with E-state index in [1.165, 1.54) is 58.3 Å². The number of hydrogen-bond donors (Lipinski definition) is 1. The van der Waals surface area contributed by atoms with Gasteiger partial charge in [-0.3, -0.25) is 9.80 Å². The van der Waals surface area contributed by atoms with Gasteiger partial charge in [-0.05, 0) is 51.1 Å². The molecule has 17 heavy (non-hydrogen) atoms. The molecule has 0 aliphatic carbocycles. The zero-order valence-electron chi connectivity index (χ0n) is 11.2. The normalized spacial score (nSPS) is 44.1. The largest absolute Gasteiger partial charge is 0.329 e. The molecule has 98 valence electrons. The van der Waals surface area contributed by atoms with E-state index >= 15 is 0 Å². The Morgan fingerprint density at radius 2 is 2.00 bits per heavy atom. The summed E-state index contributed by atoms with van der Waals surface area (Å²) in [6.07, 6.45) is 6.85. The summed E-state index contributed by atoms with van der Waals surface area (Å²) in [6.45, 7) is 8.43. The minimum atomic E-state index is 0.325. The summed E-state index contributed by atoms with van der Waals surface area (Å²) >= 11 is 0. The van der Waals surface area contributed by atoms with Crippen LogP contribution in [0.1, 0.15) is 39.0 Å². The van der Waals surface area contributed by atoms with Gasteiger partial charge < -0.3 is 5.73 Å². The Morgan fingerprint density at radius 3 is 2.76 bits per heavy atom. The Labute approximate surface area is 105 Å². The lowest BCUT2D eigenvalue weighted by molar-refractivity contribution is 0.0307. The lowest BCUT2D eigenvalue weighted by Crippen LogP contribution is -2.61. The maximum atomic E-state index is 6.23. The molecule has 0 spiro atoms. The number of nitrogens with two attached hydrogens (primary N) is 1. The predicted octanol–water partition coefficient (Wildman–Crippen LogP) is 1.28. The van der Waals surface area contributed by atoms with Crippen molar-refractivity contribution in [2.75, 3.05) is 32.7 Å². The van der Waals surface area contributed by atoms with E-state index in [9.17, 15) is 0 Å². The lowest BCUT2D eigenvalue weighted by atomic mass is 9.83. The average Bonchev–Trinajstić information content (AvgIpc) is 2.90. The molecular weight excluding hydrogens is 210 g/mol. The van der Waals surface area contributed by atoms with Crippen LogP contribution in [0.5, 0.6) is 0 Å². The number of likely N-dealkylation sites (tertiary alicyclic amines) is 1. The Kier molecular flexibility index (Phi) is 3.18. The van der Waals surface area contributed by atoms with Crippen molar-refractivity contribution >= 4 is 0 Å². The van der Waals surface area contributed by atoms with Crippen LogP contribution in [-0.4, -0.2) is 54.1 Å². The van der Waals surface area contributed by atoms with E-state index in [-0.39, 0.29) is 0 Å². The first-order chi connectivity index (χ1) is 8.26. The van der Waals surface area contributed by atoms with Crippen LogP contribution >= 0.6 is 0 Å². The van der Waals surface area contributed by atoms with Crippen LogP contribution < -0.4 is 5.73 Å². The van der Waals surface area contributed by atoms with E-state index in [1.54, 1.807) is 0 Å². The third-order valence-corrected chi connectivity index (χ3v) is 5.46. The Hall–Kier alpha value is -0.120. The van der Waals surface area contributed by atoms with Crippen molar-refractivity contribution in [3.8, 4) is 0 Å². The topological polar surface area (TPSA) is 32.5 Å². The molecule has 3 aliphatic rings. The minimum Gasteiger partial charge on any atom is -0.329 e. The molecule has 0 bridgehead atoms. The third kappa shape index (κ3) is 1.83. The van der Waals surface area contributed by atoms with Crippen LogP contribution in [0.4, 0.5) is 0 Å². The second-order valence-corrected chi connectivity index (χ2v) is 6.45. The van der Waals surface area contributed by atoms with Gasteiger partial charge in [0.2, 0.25) is 0 Å². The standard InChI is InChI=1S/C14H27N3/c1-12-4-2-8-17(10-12)14(11-15)6-9-16-7-3-5-13(14)16/h12-13H,2-11,15H2,1H3. The van der Waals surface area contributed by atoms with Gasteiger partial charge in [0.05, 0.1) is 0 Å². The molecule has 3 fully saturated rings. The Morgan fingerprint density at radius 1 is 1.18 bits per heavy atom. The van der Waals surface area contributed by atoms with E-state index in [2.05, 4.69) is 16.7 Å². The van der Waals surface area contributed by atoms with E-state index in [4.69, 9.17) is 5.73 Å². The zero-order valence-corrected chi connectivity index (χ0v) is 11.2. The van der Waals surface area contributed by atoms with Gasteiger partial charge in [0.15, 0.2) is 0 Å². The highest BCUT2D eigenvalue weighted by Crippen LogP contribution is 2.41. The molecule has 3 saturated heterocycles. The SMILES string of the molecule is CC1CCCN(C2(CN)CCN3CCCC32)C1. The molecule has 3 heterocycles. The van der Waals surface area contributed by atoms with Gasteiger partial charge in [-0.2, -0.15) is 0 Å². The highest BCUT2D eigenvalue weighted by molar-refractivity contribution is 5.10. The molecule has 0 aromatic carbocycles. The van der Waals surface area contributed by atoms with Crippen LogP contribution in [0.2, 0.25) is 0 Å². The van der Waals surface area contributed by atoms with E-state index in [1.807, 2.05) is 0 Å². The molecule has 3 aliphatic heterocycles. The number of fused-ring (bicyclic) bond motifs is 1. The van der Waals surface area contributed by atoms with Gasteiger partial charge in [0.1, 0.15) is 0 Å². The van der Waals surface area contributed by atoms with E-state index in [0.717, 1.165) is 18.5 Å². The molecule has 2 N–H and O–H groups in total. The van der Waals surface area contributed by atoms with Crippen molar-refractivity contribution in [1.29, 1.82) is 0 Å². The Bertz CT molecular complexity index is 281. The fourth-order valence-corrected chi connectivity index (χ4v) is 4.54. The second-order valence-electron chi connectivity index (χ2n) is 6.45. The molecule has 0 amide bonds. The third-order valence-electron chi connectivity index (χ3n) is 5.46. The van der Waals surface area contributed by atoms with Crippen LogP contribution in [0.15, 0.2) is 0 Å². The molecule has 0 saturated carbocycles. The zero-order chi connectivity index (χ0) is 11.9. The molecule has 0 aromatic rings. The number of rotatable bonds is 2. The molecule has 3 rings (SSSR count). The molecule has 3 nitrogen and oxygen atoms in total. The first kappa shape index (κ1) is 11.9. The second kappa shape index (κ2) is 4.52. The highest BCUT2D eigenvalue weighted by atomic mass is 15.3. The summed E-state index contributed by atoms with van der Waals surface area (Å²) in [5.41, 5.74) is 6.56. The van der Waals surface area contributed by atoms with Crippen molar-refractivity contribution in [1.82, 2.24) is 9.80 Å². The van der Waals surface area contributed by atoms with Gasteiger partial charge in [-0.25, -0.2) is 0 Å². The molecule has 3 unspecified atom stereocenters. The van der Waals surface area contributed by atoms with Gasteiger partial charge in [-0.15, -0.1) is 0 Å². The number of nitrogens with zero attached hydrogens (tertiary/aromatic N) is 2. The fourth-order valence-electron chi connectivity index (χ4n) is 4.54. The van der Waals surface area contributed by atoms with Crippen LogP contribution in [0, 0.1) is 5.92 Å². The molecule has 0 radical (unpaired) electrons. The maximum Gasteiger partial charge on any atom is 0.0498 e. The molecule has 3 atom stereocenters. The average molecular weight is 237 g/mol. The van der Waals surface area contributed by atoms with Gasteiger partial charge >= 0.3 is 0 Å². The first-order valence-electron chi connectivity index (χ1n) is 7.45. The molecular formula is C14H27N3. The summed E-state index contributed by atoms with van der Waals surface area (Å²) in [5.74, 6) is 0.864. The summed E-state index contributed by atoms with van der Waals surface area (Å²) in [5, 5.41) is 0. The van der Waals surface area contributed by atoms with Gasteiger partial charge in [0, 0.05) is 31.2 Å². The van der Waals surface area contributed by atoms with Gasteiger partial charge in [-0.1, -0.05) is 6.92 Å². The minimum absolute atomic E-state index is 0.325. The summed E-state index contributed by atoms with van der Waals surface area (Å²) < 4.78 is 0. The van der Waals surface area contributed by atoms with Crippen molar-refractivity contribution in [2.45, 2.75) is 50.6 Å². The lowest BCUT2D eigenvalue weighted by Gasteiger charge is -2.47. The van der Waals surface area contributed by atoms with Crippen molar-refractivity contribution in [2.24, 2.45) is 11.7 Å². The summed E-state index contributed by atoms with van der Waals surface area (Å²) in [4.78, 5) is 5.46. The predicted molar refractivity (Wildman–Crippen MR) is 71.0 cm³/mol. The van der Waals surface area contributed by atoms with Gasteiger partial charge in [0.25, 0.3) is 0 Å². The molecule has 0 aromatic heterocycles. The molecule has 3 heteroatoms. The van der Waals surface area contributed by atoms with Crippen molar-refractivity contribution in [3.05, 3.63) is 0 Å². The summed E-state index contributed by atoms with van der Waals surface area (Å²) in [6, 6.07) is 0.762. The number of piperidine rings is 1. The highest BCUT2D eigenvalue weighted by Gasteiger charge is 2.51. The quantitative estimate of drug-likeness (QED) is 0.785. The van der Waals surface area contributed by atoms with Crippen LogP contribution in [-0.2, 0) is 0 Å². The van der Waals surface area contributed by atoms with Crippen LogP contribution in [0.3, 0.4) is 0 Å². The number of hydrogen-bond acceptors (Lipinski definition) is 3. The fraction of sp³-hybridized carbons (Fsp3) is 1.00. The van der Waals surface area contributed by atoms with Crippen molar-refractivity contribution < 1.29 is 0 Å². The summed E-state index contributed by atoms with van der Waals surface area (Å²) in [7, 11) is 0. The van der Waals surface area contributed by atoms with Crippen LogP contribution in [0.25, 0.3) is 0 Å². The monoisotopic (exact) mass is 237 g/mol. The van der Waals surface area contributed by atoms with E-state index in [0.29, 0.717) is 5.54 Å². The first-order valence-corrected chi connectivity index (χ1v) is 7.45.